The highest BCUT2D eigenvalue weighted by molar-refractivity contribution is 5.91. The van der Waals surface area contributed by atoms with E-state index in [1.165, 1.54) is 6.07 Å². The van der Waals surface area contributed by atoms with Gasteiger partial charge in [-0.2, -0.15) is 13.2 Å². The maximum atomic E-state index is 13.4. The number of hydrogen-bond donors (Lipinski definition) is 0. The van der Waals surface area contributed by atoms with Crippen LogP contribution in [0.2, 0.25) is 0 Å². The summed E-state index contributed by atoms with van der Waals surface area (Å²) in [6, 6.07) is 11.3. The van der Waals surface area contributed by atoms with Crippen LogP contribution in [0.5, 0.6) is 0 Å². The number of aromatic nitrogens is 3. The van der Waals surface area contributed by atoms with Crippen molar-refractivity contribution >= 4 is 11.6 Å². The summed E-state index contributed by atoms with van der Waals surface area (Å²) in [5, 5.41) is 8.06. The second kappa shape index (κ2) is 6.57. The molecule has 3 aromatic rings. The summed E-state index contributed by atoms with van der Waals surface area (Å²) >= 11 is 0. The Kier molecular flexibility index (Phi) is 4.11. The molecule has 1 saturated heterocycles. The Morgan fingerprint density at radius 3 is 2.38 bits per heavy atom. The van der Waals surface area contributed by atoms with Gasteiger partial charge >= 0.3 is 6.18 Å². The maximum absolute atomic E-state index is 13.4. The van der Waals surface area contributed by atoms with Crippen molar-refractivity contribution in [3.63, 3.8) is 0 Å². The Morgan fingerprint density at radius 2 is 1.66 bits per heavy atom. The fraction of sp³-hybridized carbons (Fsp3) is 0.381. The summed E-state index contributed by atoms with van der Waals surface area (Å²) < 4.78 is 41.8. The molecule has 0 spiro atoms. The zero-order valence-electron chi connectivity index (χ0n) is 15.5. The lowest BCUT2D eigenvalue weighted by Gasteiger charge is -2.21. The maximum Gasteiger partial charge on any atom is 0.416 e. The van der Waals surface area contributed by atoms with Gasteiger partial charge in [-0.1, -0.05) is 24.3 Å². The molecule has 1 aliphatic heterocycles. The largest absolute Gasteiger partial charge is 0.416 e. The molecule has 1 aromatic carbocycles. The summed E-state index contributed by atoms with van der Waals surface area (Å²) in [5.74, 6) is 0.410. The van der Waals surface area contributed by atoms with Crippen molar-refractivity contribution in [2.45, 2.75) is 24.9 Å². The summed E-state index contributed by atoms with van der Waals surface area (Å²) in [6.07, 6.45) is -1.25. The van der Waals surface area contributed by atoms with E-state index in [9.17, 15) is 18.0 Å². The van der Waals surface area contributed by atoms with Crippen molar-refractivity contribution in [2.75, 3.05) is 13.1 Å². The van der Waals surface area contributed by atoms with Gasteiger partial charge in [0.15, 0.2) is 5.65 Å². The third-order valence-electron chi connectivity index (χ3n) is 6.25. The molecular formula is C21H19F3N4O. The molecular weight excluding hydrogens is 381 g/mol. The van der Waals surface area contributed by atoms with Crippen LogP contribution in [0.15, 0.2) is 48.7 Å². The number of carbonyl (C=O) groups excluding carboxylic acids is 1. The zero-order valence-corrected chi connectivity index (χ0v) is 15.5. The van der Waals surface area contributed by atoms with E-state index in [0.717, 1.165) is 6.07 Å². The SMILES string of the molecule is O=C(c1nnc2ccccn12)N1C[C@H]2C[C@@H](c3ccccc3C(F)(F)F)C[C@H]2C1. The van der Waals surface area contributed by atoms with E-state index in [1.807, 2.05) is 12.1 Å². The molecule has 8 heteroatoms. The molecule has 0 bridgehead atoms. The van der Waals surface area contributed by atoms with Crippen molar-refractivity contribution < 1.29 is 18.0 Å². The van der Waals surface area contributed by atoms with Crippen LogP contribution in [0.25, 0.3) is 5.65 Å². The third-order valence-corrected chi connectivity index (χ3v) is 6.25. The fourth-order valence-corrected chi connectivity index (χ4v) is 4.96. The minimum atomic E-state index is -4.34. The first-order chi connectivity index (χ1) is 13.9. The van der Waals surface area contributed by atoms with Crippen LogP contribution >= 0.6 is 0 Å². The number of rotatable bonds is 2. The third kappa shape index (κ3) is 3.07. The van der Waals surface area contributed by atoms with Gasteiger partial charge in [-0.05, 0) is 54.4 Å². The monoisotopic (exact) mass is 400 g/mol. The van der Waals surface area contributed by atoms with E-state index in [1.54, 1.807) is 33.7 Å². The van der Waals surface area contributed by atoms with E-state index < -0.39 is 11.7 Å². The average molecular weight is 400 g/mol. The summed E-state index contributed by atoms with van der Waals surface area (Å²) in [6.45, 7) is 1.10. The molecule has 150 valence electrons. The van der Waals surface area contributed by atoms with Crippen LogP contribution in [0.4, 0.5) is 13.2 Å². The smallest absolute Gasteiger partial charge is 0.335 e. The Hall–Kier alpha value is -2.90. The standard InChI is InChI=1S/C21H19F3N4O/c22-21(23,24)17-6-2-1-5-16(17)13-9-14-11-27(12-15(14)10-13)20(29)19-26-25-18-7-3-4-8-28(18)19/h1-8,13-15H,9-12H2/t13-,14-,15+. The highest BCUT2D eigenvalue weighted by Crippen LogP contribution is 2.48. The van der Waals surface area contributed by atoms with Crippen molar-refractivity contribution in [1.82, 2.24) is 19.5 Å². The van der Waals surface area contributed by atoms with Gasteiger partial charge in [-0.15, -0.1) is 10.2 Å². The lowest BCUT2D eigenvalue weighted by molar-refractivity contribution is -0.138. The van der Waals surface area contributed by atoms with Gasteiger partial charge in [0, 0.05) is 19.3 Å². The minimum Gasteiger partial charge on any atom is -0.335 e. The molecule has 5 nitrogen and oxygen atoms in total. The number of alkyl halides is 3. The summed E-state index contributed by atoms with van der Waals surface area (Å²) in [7, 11) is 0. The van der Waals surface area contributed by atoms with Gasteiger partial charge < -0.3 is 4.90 Å². The molecule has 5 rings (SSSR count). The van der Waals surface area contributed by atoms with Gasteiger partial charge in [-0.25, -0.2) is 0 Å². The number of nitrogens with zero attached hydrogens (tertiary/aromatic N) is 4. The molecule has 2 fully saturated rings. The van der Waals surface area contributed by atoms with E-state index >= 15 is 0 Å². The van der Waals surface area contributed by atoms with Gasteiger partial charge in [0.2, 0.25) is 5.82 Å². The normalized spacial score (nSPS) is 24.2. The van der Waals surface area contributed by atoms with Crippen molar-refractivity contribution in [3.05, 3.63) is 65.6 Å². The summed E-state index contributed by atoms with van der Waals surface area (Å²) in [5.41, 5.74) is 0.461. The molecule has 3 heterocycles. The number of amides is 1. The lowest BCUT2D eigenvalue weighted by Crippen LogP contribution is -2.31. The molecule has 1 aliphatic carbocycles. The molecule has 0 unspecified atom stereocenters. The number of likely N-dealkylation sites (tertiary alicyclic amines) is 1. The van der Waals surface area contributed by atoms with Gasteiger partial charge in [0.05, 0.1) is 5.56 Å². The number of carbonyl (C=O) groups is 1. The van der Waals surface area contributed by atoms with Crippen LogP contribution < -0.4 is 0 Å². The fourth-order valence-electron chi connectivity index (χ4n) is 4.96. The Bertz CT molecular complexity index is 1060. The average Bonchev–Trinajstić information content (AvgIpc) is 3.39. The van der Waals surface area contributed by atoms with Crippen molar-refractivity contribution in [2.24, 2.45) is 11.8 Å². The van der Waals surface area contributed by atoms with Gasteiger partial charge in [-0.3, -0.25) is 9.20 Å². The Balaban J connectivity index is 1.33. The second-order valence-electron chi connectivity index (χ2n) is 7.94. The highest BCUT2D eigenvalue weighted by atomic mass is 19.4. The van der Waals surface area contributed by atoms with Crippen LogP contribution in [-0.4, -0.2) is 38.5 Å². The van der Waals surface area contributed by atoms with Gasteiger partial charge in [0.25, 0.3) is 5.91 Å². The first-order valence-electron chi connectivity index (χ1n) is 9.67. The lowest BCUT2D eigenvalue weighted by atomic mass is 9.91. The van der Waals surface area contributed by atoms with Crippen LogP contribution in [0.1, 0.15) is 40.5 Å². The highest BCUT2D eigenvalue weighted by Gasteiger charge is 2.45. The topological polar surface area (TPSA) is 50.5 Å². The van der Waals surface area contributed by atoms with E-state index in [2.05, 4.69) is 10.2 Å². The number of pyridine rings is 1. The Labute approximate surface area is 165 Å². The van der Waals surface area contributed by atoms with E-state index in [0.29, 0.717) is 37.1 Å². The molecule has 0 radical (unpaired) electrons. The van der Waals surface area contributed by atoms with Crippen LogP contribution in [0.3, 0.4) is 0 Å². The molecule has 29 heavy (non-hydrogen) atoms. The zero-order chi connectivity index (χ0) is 20.2. The van der Waals surface area contributed by atoms with Crippen LogP contribution in [0, 0.1) is 11.8 Å². The molecule has 2 aliphatic rings. The number of hydrogen-bond acceptors (Lipinski definition) is 3. The first kappa shape index (κ1) is 18.1. The van der Waals surface area contributed by atoms with Crippen LogP contribution in [-0.2, 0) is 6.18 Å². The quantitative estimate of drug-likeness (QED) is 0.653. The Morgan fingerprint density at radius 1 is 0.966 bits per heavy atom. The molecule has 0 N–H and O–H groups in total. The number of benzene rings is 1. The molecule has 2 aromatic heterocycles. The minimum absolute atomic E-state index is 0.117. The molecule has 1 saturated carbocycles. The number of halogens is 3. The summed E-state index contributed by atoms with van der Waals surface area (Å²) in [4.78, 5) is 14.7. The molecule has 3 atom stereocenters. The van der Waals surface area contributed by atoms with Crippen molar-refractivity contribution in [1.29, 1.82) is 0 Å². The second-order valence-corrected chi connectivity index (χ2v) is 7.94. The first-order valence-corrected chi connectivity index (χ1v) is 9.67. The predicted molar refractivity (Wildman–Crippen MR) is 99.3 cm³/mol. The molecule has 1 amide bonds. The van der Waals surface area contributed by atoms with E-state index in [4.69, 9.17) is 0 Å². The van der Waals surface area contributed by atoms with E-state index in [-0.39, 0.29) is 29.5 Å². The van der Waals surface area contributed by atoms with Gasteiger partial charge in [0.1, 0.15) is 0 Å². The predicted octanol–water partition coefficient (Wildman–Crippen LogP) is 4.01. The number of fused-ring (bicyclic) bond motifs is 2. The van der Waals surface area contributed by atoms with Crippen molar-refractivity contribution in [3.8, 4) is 0 Å².